The fourth-order valence-corrected chi connectivity index (χ4v) is 1.34. The van der Waals surface area contributed by atoms with Crippen LogP contribution in [0.1, 0.15) is 26.2 Å². The summed E-state index contributed by atoms with van der Waals surface area (Å²) in [5.41, 5.74) is 0.845. The summed E-state index contributed by atoms with van der Waals surface area (Å²) < 4.78 is 4.87. The molecule has 1 aromatic heterocycles. The SMILES string of the molecule is CCCCCCl.c1ccc2oncc2c1. The Morgan fingerprint density at radius 1 is 1.27 bits per heavy atom. The molecule has 0 N–H and O–H groups in total. The molecule has 0 saturated heterocycles. The molecular formula is C12H16ClNO. The highest BCUT2D eigenvalue weighted by atomic mass is 35.5. The Balaban J connectivity index is 0.000000167. The first-order valence-corrected chi connectivity index (χ1v) is 5.77. The molecule has 0 bridgehead atoms. The summed E-state index contributed by atoms with van der Waals surface area (Å²) in [5, 5.41) is 4.68. The van der Waals surface area contributed by atoms with Crippen LogP contribution in [0.2, 0.25) is 0 Å². The summed E-state index contributed by atoms with van der Waals surface area (Å²) in [6.07, 6.45) is 5.43. The van der Waals surface area contributed by atoms with Crippen molar-refractivity contribution in [2.75, 3.05) is 5.88 Å². The van der Waals surface area contributed by atoms with Gasteiger partial charge in [-0.15, -0.1) is 11.6 Å². The second-order valence-corrected chi connectivity index (χ2v) is 3.64. The Labute approximate surface area is 95.2 Å². The topological polar surface area (TPSA) is 26.0 Å². The van der Waals surface area contributed by atoms with E-state index in [9.17, 15) is 0 Å². The van der Waals surface area contributed by atoms with Gasteiger partial charge in [-0.1, -0.05) is 37.1 Å². The van der Waals surface area contributed by atoms with Crippen molar-refractivity contribution in [3.63, 3.8) is 0 Å². The zero-order valence-corrected chi connectivity index (χ0v) is 9.70. The third-order valence-electron chi connectivity index (χ3n) is 2.00. The maximum atomic E-state index is 5.38. The lowest BCUT2D eigenvalue weighted by Crippen LogP contribution is -1.70. The van der Waals surface area contributed by atoms with Crippen LogP contribution in [0.25, 0.3) is 11.0 Å². The minimum atomic E-state index is 0.827. The molecule has 0 unspecified atom stereocenters. The molecule has 2 nitrogen and oxygen atoms in total. The van der Waals surface area contributed by atoms with Crippen molar-refractivity contribution in [3.05, 3.63) is 30.5 Å². The van der Waals surface area contributed by atoms with Crippen LogP contribution >= 0.6 is 11.6 Å². The van der Waals surface area contributed by atoms with Gasteiger partial charge in [-0.3, -0.25) is 0 Å². The minimum Gasteiger partial charge on any atom is -0.356 e. The van der Waals surface area contributed by atoms with Gasteiger partial charge in [-0.2, -0.15) is 0 Å². The van der Waals surface area contributed by atoms with E-state index in [1.807, 2.05) is 24.3 Å². The van der Waals surface area contributed by atoms with Crippen molar-refractivity contribution < 1.29 is 4.52 Å². The Morgan fingerprint density at radius 3 is 2.67 bits per heavy atom. The molecule has 0 spiro atoms. The quantitative estimate of drug-likeness (QED) is 0.577. The van der Waals surface area contributed by atoms with E-state index < -0.39 is 0 Å². The summed E-state index contributed by atoms with van der Waals surface area (Å²) in [6, 6.07) is 7.74. The van der Waals surface area contributed by atoms with Gasteiger partial charge in [-0.25, -0.2) is 0 Å². The molecule has 0 radical (unpaired) electrons. The third kappa shape index (κ3) is 4.34. The maximum Gasteiger partial charge on any atom is 0.166 e. The van der Waals surface area contributed by atoms with Gasteiger partial charge in [0.1, 0.15) is 0 Å². The molecule has 0 aliphatic heterocycles. The molecule has 3 heteroatoms. The fourth-order valence-electron chi connectivity index (χ4n) is 1.15. The molecule has 1 aromatic carbocycles. The second kappa shape index (κ2) is 7.30. The van der Waals surface area contributed by atoms with Crippen molar-refractivity contribution in [1.29, 1.82) is 0 Å². The van der Waals surface area contributed by atoms with Crippen molar-refractivity contribution >= 4 is 22.6 Å². The number of para-hydroxylation sites is 1. The van der Waals surface area contributed by atoms with Crippen LogP contribution < -0.4 is 0 Å². The lowest BCUT2D eigenvalue weighted by molar-refractivity contribution is 0.456. The summed E-state index contributed by atoms with van der Waals surface area (Å²) in [4.78, 5) is 0. The molecule has 0 fully saturated rings. The monoisotopic (exact) mass is 225 g/mol. The number of halogens is 1. The van der Waals surface area contributed by atoms with Gasteiger partial charge >= 0.3 is 0 Å². The van der Waals surface area contributed by atoms with Crippen LogP contribution in [-0.4, -0.2) is 11.0 Å². The highest BCUT2D eigenvalue weighted by molar-refractivity contribution is 6.17. The van der Waals surface area contributed by atoms with Crippen LogP contribution in [0.5, 0.6) is 0 Å². The lowest BCUT2D eigenvalue weighted by atomic mass is 10.3. The molecule has 15 heavy (non-hydrogen) atoms. The van der Waals surface area contributed by atoms with Crippen LogP contribution in [0.3, 0.4) is 0 Å². The number of nitrogens with zero attached hydrogens (tertiary/aromatic N) is 1. The van der Waals surface area contributed by atoms with Gasteiger partial charge in [0, 0.05) is 11.3 Å². The van der Waals surface area contributed by atoms with E-state index in [-0.39, 0.29) is 0 Å². The van der Waals surface area contributed by atoms with Crippen molar-refractivity contribution in [2.45, 2.75) is 26.2 Å². The summed E-state index contributed by atoms with van der Waals surface area (Å²) in [7, 11) is 0. The molecule has 2 rings (SSSR count). The Morgan fingerprint density at radius 2 is 2.07 bits per heavy atom. The van der Waals surface area contributed by atoms with Crippen molar-refractivity contribution in [3.8, 4) is 0 Å². The smallest absolute Gasteiger partial charge is 0.166 e. The minimum absolute atomic E-state index is 0.827. The molecular weight excluding hydrogens is 210 g/mol. The highest BCUT2D eigenvalue weighted by Gasteiger charge is 1.91. The van der Waals surface area contributed by atoms with E-state index in [1.165, 1.54) is 19.3 Å². The molecule has 0 aliphatic rings. The summed E-state index contributed by atoms with van der Waals surface area (Å²) >= 11 is 5.38. The number of benzene rings is 1. The average molecular weight is 226 g/mol. The molecule has 1 heterocycles. The van der Waals surface area contributed by atoms with Crippen LogP contribution in [0, 0.1) is 0 Å². The summed E-state index contributed by atoms with van der Waals surface area (Å²) in [5.74, 6) is 0.827. The van der Waals surface area contributed by atoms with E-state index in [1.54, 1.807) is 6.20 Å². The van der Waals surface area contributed by atoms with Gasteiger partial charge in [0.25, 0.3) is 0 Å². The number of rotatable bonds is 3. The van der Waals surface area contributed by atoms with Crippen LogP contribution in [-0.2, 0) is 0 Å². The molecule has 0 aliphatic carbocycles. The number of hydrogen-bond acceptors (Lipinski definition) is 2. The van der Waals surface area contributed by atoms with E-state index >= 15 is 0 Å². The van der Waals surface area contributed by atoms with Crippen molar-refractivity contribution in [2.24, 2.45) is 0 Å². The van der Waals surface area contributed by atoms with Gasteiger partial charge in [0.05, 0.1) is 6.20 Å². The molecule has 82 valence electrons. The molecule has 0 amide bonds. The van der Waals surface area contributed by atoms with Gasteiger partial charge in [0.2, 0.25) is 0 Å². The Hall–Kier alpha value is -1.02. The molecule has 0 atom stereocenters. The van der Waals surface area contributed by atoms with E-state index in [2.05, 4.69) is 12.1 Å². The van der Waals surface area contributed by atoms with E-state index in [0.717, 1.165) is 16.8 Å². The number of alkyl halides is 1. The van der Waals surface area contributed by atoms with E-state index in [4.69, 9.17) is 16.1 Å². The van der Waals surface area contributed by atoms with Crippen LogP contribution in [0.15, 0.2) is 35.0 Å². The first-order valence-electron chi connectivity index (χ1n) is 5.24. The first-order chi connectivity index (χ1) is 7.38. The predicted octanol–water partition coefficient (Wildman–Crippen LogP) is 4.24. The second-order valence-electron chi connectivity index (χ2n) is 3.26. The van der Waals surface area contributed by atoms with Gasteiger partial charge in [-0.05, 0) is 18.6 Å². The zero-order valence-electron chi connectivity index (χ0n) is 8.95. The number of hydrogen-bond donors (Lipinski definition) is 0. The standard InChI is InChI=1S/C7H5NO.C5H11Cl/c1-2-4-7-6(3-1)5-8-9-7;1-2-3-4-5-6/h1-5H;2-5H2,1H3. The van der Waals surface area contributed by atoms with Gasteiger partial charge in [0.15, 0.2) is 5.58 Å². The Bertz CT molecular complexity index is 338. The largest absolute Gasteiger partial charge is 0.356 e. The first kappa shape index (κ1) is 12.1. The maximum absolute atomic E-state index is 5.38. The van der Waals surface area contributed by atoms with Gasteiger partial charge < -0.3 is 4.52 Å². The van der Waals surface area contributed by atoms with Crippen LogP contribution in [0.4, 0.5) is 0 Å². The third-order valence-corrected chi connectivity index (χ3v) is 2.27. The summed E-state index contributed by atoms with van der Waals surface area (Å²) in [6.45, 7) is 2.17. The highest BCUT2D eigenvalue weighted by Crippen LogP contribution is 2.10. The molecule has 2 aromatic rings. The molecule has 0 saturated carbocycles. The average Bonchev–Trinajstić information content (AvgIpc) is 2.75. The predicted molar refractivity (Wildman–Crippen MR) is 64.3 cm³/mol. The number of unbranched alkanes of at least 4 members (excludes halogenated alkanes) is 2. The number of fused-ring (bicyclic) bond motifs is 1. The fraction of sp³-hybridized carbons (Fsp3) is 0.417. The normalized spacial score (nSPS) is 9.73. The van der Waals surface area contributed by atoms with E-state index in [0.29, 0.717) is 0 Å². The van der Waals surface area contributed by atoms with Crippen molar-refractivity contribution in [1.82, 2.24) is 5.16 Å². The lowest BCUT2D eigenvalue weighted by Gasteiger charge is -1.84. The zero-order chi connectivity index (χ0) is 10.9. The Kier molecular flexibility index (Phi) is 5.86. The number of aromatic nitrogens is 1.